The molecule has 0 saturated carbocycles. The van der Waals surface area contributed by atoms with E-state index in [0.717, 1.165) is 6.92 Å². The molecule has 0 fully saturated rings. The van der Waals surface area contributed by atoms with Gasteiger partial charge in [0, 0.05) is 5.57 Å². The van der Waals surface area contributed by atoms with Gasteiger partial charge in [-0.1, -0.05) is 6.58 Å². The monoisotopic (exact) mass is 342 g/mol. The highest BCUT2D eigenvalue weighted by Gasteiger charge is 2.65. The smallest absolute Gasteiger partial charge is 0.422 e. The average molecular weight is 342 g/mol. The van der Waals surface area contributed by atoms with Crippen LogP contribution in [0.3, 0.4) is 0 Å². The van der Waals surface area contributed by atoms with Crippen molar-refractivity contribution < 1.29 is 49.2 Å². The van der Waals surface area contributed by atoms with E-state index in [-0.39, 0.29) is 5.57 Å². The number of rotatable bonds is 6. The maximum absolute atomic E-state index is 13.1. The Balaban J connectivity index is 5.32. The van der Waals surface area contributed by atoms with Crippen LogP contribution < -0.4 is 0 Å². The van der Waals surface area contributed by atoms with Gasteiger partial charge in [0.05, 0.1) is 0 Å². The van der Waals surface area contributed by atoms with Crippen LogP contribution >= 0.6 is 0 Å². The third-order valence-electron chi connectivity index (χ3n) is 1.90. The van der Waals surface area contributed by atoms with Gasteiger partial charge in [-0.15, -0.1) is 0 Å². The van der Waals surface area contributed by atoms with E-state index in [9.17, 15) is 35.2 Å². The van der Waals surface area contributed by atoms with Crippen molar-refractivity contribution in [2.45, 2.75) is 37.7 Å². The summed E-state index contributed by atoms with van der Waals surface area (Å²) in [4.78, 5) is 11.0. The molecule has 1 N–H and O–H groups in total. The molecule has 2 unspecified atom stereocenters. The van der Waals surface area contributed by atoms with Crippen LogP contribution in [0.2, 0.25) is 0 Å². The average Bonchev–Trinajstić information content (AvgIpc) is 2.22. The Morgan fingerprint density at radius 1 is 1.24 bits per heavy atom. The van der Waals surface area contributed by atoms with E-state index in [0.29, 0.717) is 6.92 Å². The fourth-order valence-corrected chi connectivity index (χ4v) is 1.41. The molecule has 21 heavy (non-hydrogen) atoms. The van der Waals surface area contributed by atoms with Crippen LogP contribution in [0.5, 0.6) is 0 Å². The predicted octanol–water partition coefficient (Wildman–Crippen LogP) is 1.88. The highest BCUT2D eigenvalue weighted by Crippen LogP contribution is 2.38. The fraction of sp³-hybridized carbons (Fsp3) is 0.667. The van der Waals surface area contributed by atoms with Crippen LogP contribution in [0, 0.1) is 0 Å². The molecule has 0 spiro atoms. The predicted molar refractivity (Wildman–Crippen MR) is 57.8 cm³/mol. The molecule has 0 aliphatic carbocycles. The Bertz CT molecular complexity index is 511. The zero-order chi connectivity index (χ0) is 17.2. The Morgan fingerprint density at radius 3 is 1.95 bits per heavy atom. The molecular formula is C9H11F5O6S. The van der Waals surface area contributed by atoms with Gasteiger partial charge in [0.15, 0.2) is 0 Å². The first kappa shape index (κ1) is 19.7. The molecule has 12 heteroatoms. The van der Waals surface area contributed by atoms with E-state index in [1.54, 1.807) is 0 Å². The van der Waals surface area contributed by atoms with Gasteiger partial charge in [0.2, 0.25) is 12.4 Å². The Kier molecular flexibility index (Phi) is 5.86. The van der Waals surface area contributed by atoms with Gasteiger partial charge < -0.3 is 9.47 Å². The highest BCUT2D eigenvalue weighted by molar-refractivity contribution is 7.86. The molecule has 0 aromatic heterocycles. The maximum Gasteiger partial charge on any atom is 0.422 e. The molecular weight excluding hydrogens is 331 g/mol. The zero-order valence-electron chi connectivity index (χ0n) is 10.6. The van der Waals surface area contributed by atoms with Crippen molar-refractivity contribution >= 4 is 16.1 Å². The summed E-state index contributed by atoms with van der Waals surface area (Å²) in [6.45, 7) is 4.87. The fourth-order valence-electron chi connectivity index (χ4n) is 0.953. The van der Waals surface area contributed by atoms with Gasteiger partial charge in [-0.2, -0.15) is 30.4 Å². The van der Waals surface area contributed by atoms with E-state index in [1.165, 1.54) is 0 Å². The number of ether oxygens (including phenoxy) is 2. The summed E-state index contributed by atoms with van der Waals surface area (Å²) in [5.41, 5.74) is -0.254. The largest absolute Gasteiger partial charge is 0.433 e. The third kappa shape index (κ3) is 5.21. The maximum atomic E-state index is 13.1. The first-order chi connectivity index (χ1) is 9.10. The topological polar surface area (TPSA) is 89.9 Å². The summed E-state index contributed by atoms with van der Waals surface area (Å²) in [6.07, 6.45) is -12.3. The third-order valence-corrected chi connectivity index (χ3v) is 2.80. The molecule has 6 nitrogen and oxygen atoms in total. The number of esters is 1. The number of carbonyl (C=O) groups excluding carboxylic acids is 1. The first-order valence-electron chi connectivity index (χ1n) is 5.04. The molecule has 0 saturated heterocycles. The van der Waals surface area contributed by atoms with Crippen LogP contribution in [0.1, 0.15) is 13.8 Å². The van der Waals surface area contributed by atoms with E-state index in [4.69, 9.17) is 4.55 Å². The molecule has 0 radical (unpaired) electrons. The number of hydrogen-bond donors (Lipinski definition) is 1. The van der Waals surface area contributed by atoms with Gasteiger partial charge in [0.25, 0.3) is 0 Å². The van der Waals surface area contributed by atoms with Crippen LogP contribution in [0.25, 0.3) is 0 Å². The molecule has 0 heterocycles. The Morgan fingerprint density at radius 2 is 1.67 bits per heavy atom. The molecule has 0 aromatic rings. The van der Waals surface area contributed by atoms with Gasteiger partial charge >= 0.3 is 27.5 Å². The minimum absolute atomic E-state index is 0.254. The number of alkyl halides is 5. The lowest BCUT2D eigenvalue weighted by Gasteiger charge is -2.28. The van der Waals surface area contributed by atoms with Crippen molar-refractivity contribution in [3.63, 3.8) is 0 Å². The standard InChI is InChI=1S/C9H11F5O6S/c1-4(2)6(15)19-5(3)20-7(8(10,11)12)9(13,14)21(16,17)18/h5,7H,1H2,2-3H3,(H,16,17,18). The Hall–Kier alpha value is -1.27. The van der Waals surface area contributed by atoms with Crippen molar-refractivity contribution in [1.29, 1.82) is 0 Å². The van der Waals surface area contributed by atoms with Gasteiger partial charge in [0.1, 0.15) is 0 Å². The van der Waals surface area contributed by atoms with Crippen molar-refractivity contribution in [3.8, 4) is 0 Å². The molecule has 0 bridgehead atoms. The van der Waals surface area contributed by atoms with Crippen LogP contribution in [0.4, 0.5) is 22.0 Å². The van der Waals surface area contributed by atoms with E-state index < -0.39 is 39.9 Å². The van der Waals surface area contributed by atoms with Crippen LogP contribution in [-0.2, 0) is 24.4 Å². The second-order valence-corrected chi connectivity index (χ2v) is 5.34. The first-order valence-corrected chi connectivity index (χ1v) is 6.48. The summed E-state index contributed by atoms with van der Waals surface area (Å²) >= 11 is 0. The van der Waals surface area contributed by atoms with Crippen LogP contribution in [0.15, 0.2) is 12.2 Å². The minimum atomic E-state index is -6.41. The van der Waals surface area contributed by atoms with Crippen molar-refractivity contribution in [2.24, 2.45) is 0 Å². The summed E-state index contributed by atoms with van der Waals surface area (Å²) in [5.74, 6) is -1.24. The highest BCUT2D eigenvalue weighted by atomic mass is 32.2. The van der Waals surface area contributed by atoms with Crippen molar-refractivity contribution in [1.82, 2.24) is 0 Å². The van der Waals surface area contributed by atoms with Gasteiger partial charge in [-0.25, -0.2) is 4.79 Å². The summed E-state index contributed by atoms with van der Waals surface area (Å²) < 4.78 is 100. The zero-order valence-corrected chi connectivity index (χ0v) is 11.5. The van der Waals surface area contributed by atoms with E-state index >= 15 is 0 Å². The number of hydrogen-bond acceptors (Lipinski definition) is 5. The van der Waals surface area contributed by atoms with Gasteiger partial charge in [-0.05, 0) is 13.8 Å². The SMILES string of the molecule is C=C(C)C(=O)OC(C)OC(C(F)(F)F)C(F)(F)S(=O)(=O)O. The van der Waals surface area contributed by atoms with E-state index in [2.05, 4.69) is 16.1 Å². The second-order valence-electron chi connectivity index (χ2n) is 3.85. The molecule has 0 amide bonds. The lowest BCUT2D eigenvalue weighted by Crippen LogP contribution is -2.52. The minimum Gasteiger partial charge on any atom is -0.433 e. The lowest BCUT2D eigenvalue weighted by molar-refractivity contribution is -0.299. The Labute approximate surface area is 116 Å². The molecule has 2 atom stereocenters. The van der Waals surface area contributed by atoms with Crippen molar-refractivity contribution in [2.75, 3.05) is 0 Å². The molecule has 0 aliphatic rings. The molecule has 0 aromatic carbocycles. The lowest BCUT2D eigenvalue weighted by atomic mass is 10.3. The van der Waals surface area contributed by atoms with Crippen LogP contribution in [-0.4, -0.2) is 42.8 Å². The van der Waals surface area contributed by atoms with Crippen molar-refractivity contribution in [3.05, 3.63) is 12.2 Å². The summed E-state index contributed by atoms with van der Waals surface area (Å²) in [6, 6.07) is 0. The summed E-state index contributed by atoms with van der Waals surface area (Å²) in [7, 11) is -6.41. The normalized spacial score (nSPS) is 16.2. The molecule has 124 valence electrons. The molecule has 0 rings (SSSR count). The second kappa shape index (κ2) is 6.23. The molecule has 0 aliphatic heterocycles. The van der Waals surface area contributed by atoms with E-state index in [1.807, 2.05) is 0 Å². The number of halogens is 5. The summed E-state index contributed by atoms with van der Waals surface area (Å²) in [5, 5.41) is -5.69. The quantitative estimate of drug-likeness (QED) is 0.261. The van der Waals surface area contributed by atoms with Gasteiger partial charge in [-0.3, -0.25) is 4.55 Å². The number of carbonyl (C=O) groups is 1.